The molecule has 4 nitrogen and oxygen atoms in total. The number of nitrogens with one attached hydrogen (secondary N) is 1. The Morgan fingerprint density at radius 2 is 2.22 bits per heavy atom. The molecule has 3 N–H and O–H groups in total. The third-order valence-corrected chi connectivity index (χ3v) is 3.97. The predicted octanol–water partition coefficient (Wildman–Crippen LogP) is 2.28. The van der Waals surface area contributed by atoms with Gasteiger partial charge in [-0.15, -0.1) is 0 Å². The number of anilines is 1. The van der Waals surface area contributed by atoms with E-state index in [1.165, 1.54) is 0 Å². The van der Waals surface area contributed by atoms with Gasteiger partial charge in [0.15, 0.2) is 0 Å². The van der Waals surface area contributed by atoms with Crippen LogP contribution in [0.3, 0.4) is 0 Å². The summed E-state index contributed by atoms with van der Waals surface area (Å²) in [6.45, 7) is 2.61. The van der Waals surface area contributed by atoms with Gasteiger partial charge in [0.1, 0.15) is 5.54 Å². The SMILES string of the molecule is CCOC1CC(Nc2ccccc2Br)(C(N)=O)C1. The number of nitrogens with two attached hydrogens (primary N) is 1. The number of primary amides is 1. The molecule has 0 unspecified atom stereocenters. The van der Waals surface area contributed by atoms with Crippen LogP contribution in [0, 0.1) is 0 Å². The Hall–Kier alpha value is -1.07. The third-order valence-electron chi connectivity index (χ3n) is 3.27. The van der Waals surface area contributed by atoms with Gasteiger partial charge < -0.3 is 15.8 Å². The van der Waals surface area contributed by atoms with Gasteiger partial charge >= 0.3 is 0 Å². The largest absolute Gasteiger partial charge is 0.378 e. The fraction of sp³-hybridized carbons (Fsp3) is 0.462. The zero-order chi connectivity index (χ0) is 13.2. The monoisotopic (exact) mass is 312 g/mol. The quantitative estimate of drug-likeness (QED) is 0.876. The molecule has 1 fully saturated rings. The van der Waals surface area contributed by atoms with Gasteiger partial charge in [-0.2, -0.15) is 0 Å². The minimum atomic E-state index is -0.677. The molecule has 0 saturated heterocycles. The van der Waals surface area contributed by atoms with E-state index >= 15 is 0 Å². The van der Waals surface area contributed by atoms with Crippen molar-refractivity contribution in [2.24, 2.45) is 5.73 Å². The molecule has 0 aromatic heterocycles. The summed E-state index contributed by atoms with van der Waals surface area (Å²) in [6.07, 6.45) is 1.37. The van der Waals surface area contributed by atoms with Crippen LogP contribution in [0.1, 0.15) is 19.8 Å². The van der Waals surface area contributed by atoms with E-state index < -0.39 is 5.54 Å². The lowest BCUT2D eigenvalue weighted by Gasteiger charge is -2.46. The number of ether oxygens (including phenoxy) is 1. The van der Waals surface area contributed by atoms with Gasteiger partial charge in [-0.1, -0.05) is 12.1 Å². The minimum absolute atomic E-state index is 0.123. The first-order valence-electron chi connectivity index (χ1n) is 6.01. The second kappa shape index (κ2) is 5.28. The van der Waals surface area contributed by atoms with E-state index in [4.69, 9.17) is 10.5 Å². The number of hydrogen-bond acceptors (Lipinski definition) is 3. The van der Waals surface area contributed by atoms with Crippen LogP contribution in [0.4, 0.5) is 5.69 Å². The first-order chi connectivity index (χ1) is 8.57. The molecular formula is C13H17BrN2O2. The fourth-order valence-electron chi connectivity index (χ4n) is 2.26. The van der Waals surface area contributed by atoms with Crippen LogP contribution in [-0.2, 0) is 9.53 Å². The number of rotatable bonds is 5. The summed E-state index contributed by atoms with van der Waals surface area (Å²) in [5, 5.41) is 3.25. The molecule has 1 aromatic carbocycles. The number of halogens is 1. The Morgan fingerprint density at radius 1 is 1.56 bits per heavy atom. The highest BCUT2D eigenvalue weighted by Crippen LogP contribution is 2.39. The van der Waals surface area contributed by atoms with Crippen LogP contribution in [0.15, 0.2) is 28.7 Å². The van der Waals surface area contributed by atoms with Crippen LogP contribution < -0.4 is 11.1 Å². The van der Waals surface area contributed by atoms with Gasteiger partial charge in [-0.05, 0) is 35.0 Å². The van der Waals surface area contributed by atoms with E-state index in [9.17, 15) is 4.79 Å². The summed E-state index contributed by atoms with van der Waals surface area (Å²) in [7, 11) is 0. The lowest BCUT2D eigenvalue weighted by Crippen LogP contribution is -2.62. The normalized spacial score (nSPS) is 26.4. The molecule has 0 atom stereocenters. The van der Waals surface area contributed by atoms with Gasteiger partial charge in [0.05, 0.1) is 6.10 Å². The smallest absolute Gasteiger partial charge is 0.243 e. The van der Waals surface area contributed by atoms with E-state index in [2.05, 4.69) is 21.2 Å². The highest BCUT2D eigenvalue weighted by atomic mass is 79.9. The Bertz CT molecular complexity index is 444. The summed E-state index contributed by atoms with van der Waals surface area (Å²) in [5.74, 6) is -0.325. The molecular weight excluding hydrogens is 296 g/mol. The van der Waals surface area contributed by atoms with Crippen molar-refractivity contribution in [3.8, 4) is 0 Å². The van der Waals surface area contributed by atoms with Crippen molar-refractivity contribution in [2.75, 3.05) is 11.9 Å². The molecule has 5 heteroatoms. The standard InChI is InChI=1S/C13H17BrN2O2/c1-2-18-9-7-13(8-9,12(15)17)16-11-6-4-3-5-10(11)14/h3-6,9,16H,2,7-8H2,1H3,(H2,15,17). The maximum absolute atomic E-state index is 11.7. The van der Waals surface area contributed by atoms with Crippen molar-refractivity contribution in [1.29, 1.82) is 0 Å². The Labute approximate surface area is 115 Å². The molecule has 1 saturated carbocycles. The third kappa shape index (κ3) is 2.52. The Balaban J connectivity index is 2.10. The molecule has 0 bridgehead atoms. The molecule has 1 amide bonds. The summed E-state index contributed by atoms with van der Waals surface area (Å²) < 4.78 is 6.41. The Kier molecular flexibility index (Phi) is 3.92. The zero-order valence-electron chi connectivity index (χ0n) is 10.3. The molecule has 1 aromatic rings. The highest BCUT2D eigenvalue weighted by molar-refractivity contribution is 9.10. The first-order valence-corrected chi connectivity index (χ1v) is 6.81. The summed E-state index contributed by atoms with van der Waals surface area (Å²) >= 11 is 3.45. The lowest BCUT2D eigenvalue weighted by molar-refractivity contribution is -0.131. The molecule has 98 valence electrons. The average molecular weight is 313 g/mol. The average Bonchev–Trinajstić information content (AvgIpc) is 2.28. The van der Waals surface area contributed by atoms with E-state index in [1.54, 1.807) is 0 Å². The molecule has 0 radical (unpaired) electrons. The van der Waals surface area contributed by atoms with Crippen LogP contribution in [0.25, 0.3) is 0 Å². The van der Waals surface area contributed by atoms with E-state index in [0.29, 0.717) is 19.4 Å². The number of hydrogen-bond donors (Lipinski definition) is 2. The maximum Gasteiger partial charge on any atom is 0.243 e. The van der Waals surface area contributed by atoms with Crippen molar-refractivity contribution in [3.05, 3.63) is 28.7 Å². The van der Waals surface area contributed by atoms with E-state index in [-0.39, 0.29) is 12.0 Å². The highest BCUT2D eigenvalue weighted by Gasteiger charge is 2.49. The van der Waals surface area contributed by atoms with Gasteiger partial charge in [-0.3, -0.25) is 4.79 Å². The second-order valence-electron chi connectivity index (χ2n) is 4.54. The van der Waals surface area contributed by atoms with Crippen LogP contribution >= 0.6 is 15.9 Å². The zero-order valence-corrected chi connectivity index (χ0v) is 11.9. The molecule has 0 aliphatic heterocycles. The summed E-state index contributed by atoms with van der Waals surface area (Å²) in [6, 6.07) is 7.69. The molecule has 1 aliphatic carbocycles. The number of benzene rings is 1. The molecule has 0 heterocycles. The van der Waals surface area contributed by atoms with Gasteiger partial charge in [0.25, 0.3) is 0 Å². The topological polar surface area (TPSA) is 64.3 Å². The molecule has 0 spiro atoms. The minimum Gasteiger partial charge on any atom is -0.378 e. The number of carbonyl (C=O) groups excluding carboxylic acids is 1. The van der Waals surface area contributed by atoms with Crippen molar-refractivity contribution >= 4 is 27.5 Å². The predicted molar refractivity (Wildman–Crippen MR) is 74.3 cm³/mol. The lowest BCUT2D eigenvalue weighted by atomic mass is 9.73. The Morgan fingerprint density at radius 3 is 2.78 bits per heavy atom. The maximum atomic E-state index is 11.7. The van der Waals surface area contributed by atoms with Crippen molar-refractivity contribution in [1.82, 2.24) is 0 Å². The summed E-state index contributed by atoms with van der Waals surface area (Å²) in [4.78, 5) is 11.7. The van der Waals surface area contributed by atoms with Gasteiger partial charge in [0, 0.05) is 29.6 Å². The van der Waals surface area contributed by atoms with Crippen molar-refractivity contribution in [2.45, 2.75) is 31.4 Å². The second-order valence-corrected chi connectivity index (χ2v) is 5.39. The van der Waals surface area contributed by atoms with Gasteiger partial charge in [-0.25, -0.2) is 0 Å². The fourth-order valence-corrected chi connectivity index (χ4v) is 2.64. The molecule has 1 aliphatic rings. The van der Waals surface area contributed by atoms with Gasteiger partial charge in [0.2, 0.25) is 5.91 Å². The van der Waals surface area contributed by atoms with Crippen molar-refractivity contribution in [3.63, 3.8) is 0 Å². The van der Waals surface area contributed by atoms with Crippen LogP contribution in [-0.4, -0.2) is 24.2 Å². The molecule has 18 heavy (non-hydrogen) atoms. The van der Waals surface area contributed by atoms with Crippen molar-refractivity contribution < 1.29 is 9.53 Å². The van der Waals surface area contributed by atoms with E-state index in [0.717, 1.165) is 10.2 Å². The van der Waals surface area contributed by atoms with Crippen LogP contribution in [0.2, 0.25) is 0 Å². The number of carbonyl (C=O) groups is 1. The summed E-state index contributed by atoms with van der Waals surface area (Å²) in [5.41, 5.74) is 5.72. The van der Waals surface area contributed by atoms with E-state index in [1.807, 2.05) is 31.2 Å². The molecule has 2 rings (SSSR count). The first kappa shape index (κ1) is 13.4. The number of para-hydroxylation sites is 1. The number of amides is 1. The van der Waals surface area contributed by atoms with Crippen LogP contribution in [0.5, 0.6) is 0 Å².